The molecular formula is C16H16ClN5. The first-order valence-corrected chi connectivity index (χ1v) is 7.92. The van der Waals surface area contributed by atoms with Gasteiger partial charge in [-0.05, 0) is 25.6 Å². The number of hydrogen-bond donors (Lipinski definition) is 1. The Balaban J connectivity index is 1.60. The van der Waals surface area contributed by atoms with Crippen molar-refractivity contribution in [2.75, 3.05) is 20.1 Å². The second kappa shape index (κ2) is 4.12. The molecule has 6 heteroatoms. The number of fused-ring (bicyclic) bond motifs is 3. The van der Waals surface area contributed by atoms with E-state index in [4.69, 9.17) is 16.7 Å². The molecule has 1 saturated heterocycles. The molecule has 2 aliphatic heterocycles. The van der Waals surface area contributed by atoms with E-state index in [1.807, 2.05) is 6.20 Å². The van der Waals surface area contributed by atoms with Crippen LogP contribution in [0.3, 0.4) is 0 Å². The first-order valence-electron chi connectivity index (χ1n) is 7.55. The molecule has 1 spiro atoms. The molecular weight excluding hydrogens is 298 g/mol. The number of halogens is 1. The summed E-state index contributed by atoms with van der Waals surface area (Å²) >= 11 is 6.20. The summed E-state index contributed by atoms with van der Waals surface area (Å²) in [5, 5.41) is 6.44. The molecule has 5 heterocycles. The summed E-state index contributed by atoms with van der Waals surface area (Å²) in [6, 6.07) is 4.31. The highest BCUT2D eigenvalue weighted by atomic mass is 35.5. The van der Waals surface area contributed by atoms with Crippen molar-refractivity contribution in [1.82, 2.24) is 24.6 Å². The van der Waals surface area contributed by atoms with Crippen molar-refractivity contribution >= 4 is 22.6 Å². The van der Waals surface area contributed by atoms with Crippen LogP contribution in [0.1, 0.15) is 12.1 Å². The largest absolute Gasteiger partial charge is 0.345 e. The Labute approximate surface area is 132 Å². The number of nitrogens with zero attached hydrogens (tertiary/aromatic N) is 4. The molecule has 0 atom stereocenters. The minimum Gasteiger partial charge on any atom is -0.345 e. The number of likely N-dealkylation sites (tertiary alicyclic amines) is 1. The average Bonchev–Trinajstić information content (AvgIpc) is 3.14. The molecule has 3 aromatic rings. The van der Waals surface area contributed by atoms with Gasteiger partial charge < -0.3 is 9.88 Å². The van der Waals surface area contributed by atoms with E-state index >= 15 is 0 Å². The Morgan fingerprint density at radius 2 is 2.18 bits per heavy atom. The lowest BCUT2D eigenvalue weighted by Crippen LogP contribution is -2.56. The minimum atomic E-state index is 0.323. The molecule has 0 amide bonds. The zero-order valence-corrected chi connectivity index (χ0v) is 13.1. The Kier molecular flexibility index (Phi) is 2.37. The van der Waals surface area contributed by atoms with E-state index in [0.29, 0.717) is 10.4 Å². The molecule has 2 aliphatic rings. The van der Waals surface area contributed by atoms with Crippen LogP contribution in [0, 0.1) is 0 Å². The topological polar surface area (TPSA) is 49.7 Å². The van der Waals surface area contributed by atoms with Gasteiger partial charge in [-0.25, -0.2) is 4.98 Å². The monoisotopic (exact) mass is 313 g/mol. The third kappa shape index (κ3) is 1.58. The van der Waals surface area contributed by atoms with Crippen molar-refractivity contribution in [3.8, 4) is 11.3 Å². The first kappa shape index (κ1) is 12.7. The Morgan fingerprint density at radius 1 is 1.32 bits per heavy atom. The van der Waals surface area contributed by atoms with Gasteiger partial charge in [-0.3, -0.25) is 4.68 Å². The molecule has 3 aromatic heterocycles. The third-order valence-corrected chi connectivity index (χ3v) is 5.36. The van der Waals surface area contributed by atoms with Crippen molar-refractivity contribution < 1.29 is 0 Å². The maximum absolute atomic E-state index is 6.20. The van der Waals surface area contributed by atoms with Crippen molar-refractivity contribution in [2.45, 2.75) is 18.4 Å². The van der Waals surface area contributed by atoms with Crippen LogP contribution in [0.15, 0.2) is 24.5 Å². The maximum Gasteiger partial charge on any atom is 0.138 e. The van der Waals surface area contributed by atoms with Crippen LogP contribution in [0.4, 0.5) is 0 Å². The van der Waals surface area contributed by atoms with Crippen LogP contribution < -0.4 is 0 Å². The maximum atomic E-state index is 6.20. The van der Waals surface area contributed by atoms with E-state index in [1.54, 1.807) is 6.20 Å². The van der Waals surface area contributed by atoms with Gasteiger partial charge in [0, 0.05) is 54.1 Å². The molecule has 22 heavy (non-hydrogen) atoms. The smallest absolute Gasteiger partial charge is 0.138 e. The van der Waals surface area contributed by atoms with Crippen LogP contribution >= 0.6 is 11.6 Å². The summed E-state index contributed by atoms with van der Waals surface area (Å²) < 4.78 is 2.17. The number of likely N-dealkylation sites (N-methyl/N-ethyl adjacent to an activating group) is 1. The van der Waals surface area contributed by atoms with Crippen LogP contribution in [0.5, 0.6) is 0 Å². The lowest BCUT2D eigenvalue weighted by Gasteiger charge is -2.45. The van der Waals surface area contributed by atoms with Gasteiger partial charge in [0.1, 0.15) is 5.65 Å². The fraction of sp³-hybridized carbons (Fsp3) is 0.375. The molecule has 1 fully saturated rings. The third-order valence-electron chi connectivity index (χ3n) is 5.05. The Hall–Kier alpha value is -1.85. The number of rotatable bonds is 1. The number of H-pyrrole nitrogens is 1. The van der Waals surface area contributed by atoms with Crippen molar-refractivity contribution in [1.29, 1.82) is 0 Å². The summed E-state index contributed by atoms with van der Waals surface area (Å²) in [5.41, 5.74) is 4.54. The summed E-state index contributed by atoms with van der Waals surface area (Å²) in [6.07, 6.45) is 4.85. The summed E-state index contributed by atoms with van der Waals surface area (Å²) in [5.74, 6) is 0. The highest BCUT2D eigenvalue weighted by Gasteiger charge is 2.48. The minimum absolute atomic E-state index is 0.323. The summed E-state index contributed by atoms with van der Waals surface area (Å²) in [7, 11) is 2.18. The number of pyridine rings is 1. The zero-order chi connectivity index (χ0) is 14.9. The number of hydrogen-bond acceptors (Lipinski definition) is 3. The van der Waals surface area contributed by atoms with Crippen LogP contribution in [0.25, 0.3) is 22.3 Å². The van der Waals surface area contributed by atoms with Crippen molar-refractivity contribution in [3.05, 3.63) is 35.2 Å². The van der Waals surface area contributed by atoms with E-state index in [0.717, 1.165) is 41.9 Å². The summed E-state index contributed by atoms with van der Waals surface area (Å²) in [6.45, 7) is 3.29. The number of aryl methyl sites for hydroxylation is 1. The fourth-order valence-corrected chi connectivity index (χ4v) is 4.22. The van der Waals surface area contributed by atoms with Gasteiger partial charge in [-0.1, -0.05) is 11.6 Å². The van der Waals surface area contributed by atoms with E-state index in [9.17, 15) is 0 Å². The number of aromatic nitrogens is 4. The molecule has 0 radical (unpaired) electrons. The predicted molar refractivity (Wildman–Crippen MR) is 86.1 cm³/mol. The second-order valence-corrected chi connectivity index (χ2v) is 7.00. The molecule has 0 aromatic carbocycles. The number of aromatic amines is 1. The van der Waals surface area contributed by atoms with Crippen molar-refractivity contribution in [2.24, 2.45) is 0 Å². The number of nitrogens with one attached hydrogen (secondary N) is 1. The van der Waals surface area contributed by atoms with Gasteiger partial charge in [0.2, 0.25) is 0 Å². The van der Waals surface area contributed by atoms with Crippen molar-refractivity contribution in [3.63, 3.8) is 0 Å². The van der Waals surface area contributed by atoms with Crippen LogP contribution in [0.2, 0.25) is 5.02 Å². The molecule has 0 unspecified atom stereocenters. The SMILES string of the molecule is CN1CC2(CCn3nc(-c4cnc5[nH]cc(Cl)c5c4)cc32)C1. The van der Waals surface area contributed by atoms with Gasteiger partial charge in [-0.15, -0.1) is 0 Å². The van der Waals surface area contributed by atoms with Gasteiger partial charge in [-0.2, -0.15) is 5.10 Å². The Morgan fingerprint density at radius 3 is 3.00 bits per heavy atom. The van der Waals surface area contributed by atoms with Gasteiger partial charge in [0.05, 0.1) is 10.7 Å². The van der Waals surface area contributed by atoms with Gasteiger partial charge in [0.15, 0.2) is 0 Å². The highest BCUT2D eigenvalue weighted by molar-refractivity contribution is 6.35. The van der Waals surface area contributed by atoms with E-state index in [-0.39, 0.29) is 0 Å². The molecule has 5 nitrogen and oxygen atoms in total. The molecule has 1 N–H and O–H groups in total. The average molecular weight is 314 g/mol. The first-order chi connectivity index (χ1) is 10.6. The van der Waals surface area contributed by atoms with E-state index in [2.05, 4.69) is 38.7 Å². The van der Waals surface area contributed by atoms with Crippen LogP contribution in [-0.2, 0) is 12.0 Å². The lowest BCUT2D eigenvalue weighted by atomic mass is 9.76. The molecule has 0 bridgehead atoms. The fourth-order valence-electron chi connectivity index (χ4n) is 4.02. The molecule has 112 valence electrons. The predicted octanol–water partition coefficient (Wildman–Crippen LogP) is 2.67. The van der Waals surface area contributed by atoms with Gasteiger partial charge in [0.25, 0.3) is 0 Å². The molecule has 5 rings (SSSR count). The molecule has 0 saturated carbocycles. The second-order valence-electron chi connectivity index (χ2n) is 6.60. The normalized spacial score (nSPS) is 19.7. The highest BCUT2D eigenvalue weighted by Crippen LogP contribution is 2.43. The van der Waals surface area contributed by atoms with Gasteiger partial charge >= 0.3 is 0 Å². The van der Waals surface area contributed by atoms with Crippen LogP contribution in [-0.4, -0.2) is 44.8 Å². The van der Waals surface area contributed by atoms with E-state index < -0.39 is 0 Å². The molecule has 0 aliphatic carbocycles. The zero-order valence-electron chi connectivity index (χ0n) is 12.3. The standard InChI is InChI=1S/C16H16ClN5/c1-21-8-16(9-21)2-3-22-14(16)5-13(20-22)10-4-11-12(17)7-19-15(11)18-6-10/h4-7H,2-3,8-9H2,1H3,(H,18,19). The lowest BCUT2D eigenvalue weighted by molar-refractivity contribution is 0.0945. The summed E-state index contributed by atoms with van der Waals surface area (Å²) in [4.78, 5) is 9.88. The quantitative estimate of drug-likeness (QED) is 0.751. The Bertz CT molecular complexity index is 887. The van der Waals surface area contributed by atoms with E-state index in [1.165, 1.54) is 12.1 Å².